The van der Waals surface area contributed by atoms with Crippen molar-refractivity contribution in [1.29, 1.82) is 0 Å². The van der Waals surface area contributed by atoms with Crippen molar-refractivity contribution >= 4 is 16.0 Å². The molecule has 0 aromatic heterocycles. The first-order valence-corrected chi connectivity index (χ1v) is 5.10. The van der Waals surface area contributed by atoms with Crippen LogP contribution in [0.25, 0.3) is 0 Å². The summed E-state index contributed by atoms with van der Waals surface area (Å²) in [5.74, 6) is -0.624. The molecule has 0 radical (unpaired) electrons. The lowest BCUT2D eigenvalue weighted by Crippen LogP contribution is -2.11. The summed E-state index contributed by atoms with van der Waals surface area (Å²) in [7, 11) is -4.36. The Hall–Kier alpha value is -1.18. The fourth-order valence-electron chi connectivity index (χ4n) is 0.925. The van der Waals surface area contributed by atoms with E-state index in [0.29, 0.717) is 0 Å². The van der Waals surface area contributed by atoms with Crippen LogP contribution in [-0.4, -0.2) is 13.0 Å². The number of halogens is 1. The Bertz CT molecular complexity index is 433. The smallest absolute Gasteiger partial charge is 0.326 e. The van der Waals surface area contributed by atoms with E-state index in [1.807, 2.05) is 0 Å². The summed E-state index contributed by atoms with van der Waals surface area (Å²) in [6, 6.07) is 3.58. The number of benzene rings is 1. The van der Waals surface area contributed by atoms with Crippen LogP contribution in [0.2, 0.25) is 0 Å². The summed E-state index contributed by atoms with van der Waals surface area (Å²) < 4.78 is 43.9. The summed E-state index contributed by atoms with van der Waals surface area (Å²) in [4.78, 5) is 0. The first kappa shape index (κ1) is 10.9. The normalized spacial score (nSPS) is 11.4. The zero-order valence-corrected chi connectivity index (χ0v) is 7.88. The fraction of sp³-hybridized carbons (Fsp3) is 0.143. The van der Waals surface area contributed by atoms with Crippen molar-refractivity contribution in [2.45, 2.75) is 6.54 Å². The van der Waals surface area contributed by atoms with Gasteiger partial charge in [0.15, 0.2) is 0 Å². The van der Waals surface area contributed by atoms with Crippen LogP contribution in [0.1, 0.15) is 5.56 Å². The minimum Gasteiger partial charge on any atom is -0.326 e. The molecule has 1 rings (SSSR count). The van der Waals surface area contributed by atoms with Crippen LogP contribution in [0, 0.1) is 5.82 Å². The highest BCUT2D eigenvalue weighted by molar-refractivity contribution is 7.87. The standard InChI is InChI=1S/C7H9FN2O3S/c8-7-3-6(10-14(11,12)13)2-1-5(7)4-9/h1-3,10H,4,9H2,(H,11,12,13). The Morgan fingerprint density at radius 3 is 2.57 bits per heavy atom. The van der Waals surface area contributed by atoms with Gasteiger partial charge in [-0.25, -0.2) is 4.39 Å². The molecule has 14 heavy (non-hydrogen) atoms. The highest BCUT2D eigenvalue weighted by Gasteiger charge is 2.06. The van der Waals surface area contributed by atoms with Crippen molar-refractivity contribution in [2.75, 3.05) is 4.72 Å². The van der Waals surface area contributed by atoms with Crippen molar-refractivity contribution in [2.24, 2.45) is 5.73 Å². The molecule has 0 spiro atoms. The van der Waals surface area contributed by atoms with Crippen LogP contribution in [-0.2, 0) is 16.8 Å². The molecule has 1 aromatic rings. The van der Waals surface area contributed by atoms with E-state index in [4.69, 9.17) is 10.3 Å². The average molecular weight is 220 g/mol. The first-order valence-electron chi connectivity index (χ1n) is 3.66. The van der Waals surface area contributed by atoms with Crippen LogP contribution in [0.5, 0.6) is 0 Å². The number of rotatable bonds is 3. The zero-order chi connectivity index (χ0) is 10.8. The van der Waals surface area contributed by atoms with E-state index in [1.54, 1.807) is 4.72 Å². The molecule has 5 nitrogen and oxygen atoms in total. The van der Waals surface area contributed by atoms with E-state index < -0.39 is 16.1 Å². The number of hydrogen-bond donors (Lipinski definition) is 3. The topological polar surface area (TPSA) is 92.4 Å². The van der Waals surface area contributed by atoms with Gasteiger partial charge in [-0.15, -0.1) is 0 Å². The molecule has 0 aliphatic carbocycles. The predicted molar refractivity (Wildman–Crippen MR) is 49.5 cm³/mol. The molecule has 0 aliphatic rings. The van der Waals surface area contributed by atoms with Gasteiger partial charge >= 0.3 is 10.3 Å². The molecule has 0 saturated carbocycles. The van der Waals surface area contributed by atoms with Crippen LogP contribution in [0.15, 0.2) is 18.2 Å². The van der Waals surface area contributed by atoms with Gasteiger partial charge in [-0.1, -0.05) is 6.07 Å². The molecule has 4 N–H and O–H groups in total. The molecule has 0 bridgehead atoms. The van der Waals surface area contributed by atoms with Gasteiger partial charge in [-0.3, -0.25) is 9.27 Å². The second-order valence-corrected chi connectivity index (χ2v) is 3.74. The lowest BCUT2D eigenvalue weighted by atomic mass is 10.2. The third kappa shape index (κ3) is 2.95. The molecule has 0 aliphatic heterocycles. The SMILES string of the molecule is NCc1ccc(NS(=O)(=O)O)cc1F. The van der Waals surface area contributed by atoms with Crippen molar-refractivity contribution < 1.29 is 17.4 Å². The molecule has 0 atom stereocenters. The van der Waals surface area contributed by atoms with E-state index in [2.05, 4.69) is 0 Å². The van der Waals surface area contributed by atoms with E-state index in [9.17, 15) is 12.8 Å². The highest BCUT2D eigenvalue weighted by Crippen LogP contribution is 2.14. The molecule has 0 fully saturated rings. The van der Waals surface area contributed by atoms with Gasteiger partial charge in [0.2, 0.25) is 0 Å². The Balaban J connectivity index is 2.98. The molecule has 1 aromatic carbocycles. The lowest BCUT2D eigenvalue weighted by molar-refractivity contribution is 0.489. The maximum atomic E-state index is 13.0. The second kappa shape index (κ2) is 3.91. The van der Waals surface area contributed by atoms with Crippen LogP contribution in [0.4, 0.5) is 10.1 Å². The maximum Gasteiger partial charge on any atom is 0.357 e. The zero-order valence-electron chi connectivity index (χ0n) is 7.07. The summed E-state index contributed by atoms with van der Waals surface area (Å²) in [6.07, 6.45) is 0. The molecule has 0 saturated heterocycles. The Morgan fingerprint density at radius 1 is 1.50 bits per heavy atom. The average Bonchev–Trinajstić information content (AvgIpc) is 2.01. The maximum absolute atomic E-state index is 13.0. The van der Waals surface area contributed by atoms with E-state index in [1.165, 1.54) is 12.1 Å². The Morgan fingerprint density at radius 2 is 2.14 bits per heavy atom. The molecule has 7 heteroatoms. The van der Waals surface area contributed by atoms with Crippen LogP contribution < -0.4 is 10.5 Å². The van der Waals surface area contributed by atoms with Gasteiger partial charge < -0.3 is 5.73 Å². The largest absolute Gasteiger partial charge is 0.357 e. The second-order valence-electron chi connectivity index (χ2n) is 2.59. The molecule has 0 unspecified atom stereocenters. The van der Waals surface area contributed by atoms with Gasteiger partial charge in [0.1, 0.15) is 5.82 Å². The summed E-state index contributed by atoms with van der Waals surface area (Å²) >= 11 is 0. The van der Waals surface area contributed by atoms with Crippen molar-refractivity contribution in [1.82, 2.24) is 0 Å². The van der Waals surface area contributed by atoms with Crippen LogP contribution >= 0.6 is 0 Å². The third-order valence-corrected chi connectivity index (χ3v) is 2.01. The van der Waals surface area contributed by atoms with Gasteiger partial charge in [-0.05, 0) is 12.1 Å². The number of anilines is 1. The number of hydrogen-bond acceptors (Lipinski definition) is 3. The van der Waals surface area contributed by atoms with Crippen LogP contribution in [0.3, 0.4) is 0 Å². The molecule has 0 amide bonds. The van der Waals surface area contributed by atoms with Gasteiger partial charge in [-0.2, -0.15) is 8.42 Å². The summed E-state index contributed by atoms with van der Waals surface area (Å²) in [5, 5.41) is 0. The minimum atomic E-state index is -4.36. The third-order valence-electron chi connectivity index (χ3n) is 1.52. The van der Waals surface area contributed by atoms with E-state index >= 15 is 0 Å². The molecule has 78 valence electrons. The first-order chi connectivity index (χ1) is 6.42. The molecule has 0 heterocycles. The quantitative estimate of drug-likeness (QED) is 0.647. The van der Waals surface area contributed by atoms with Gasteiger partial charge in [0.05, 0.1) is 5.69 Å². The van der Waals surface area contributed by atoms with Gasteiger partial charge in [0.25, 0.3) is 0 Å². The predicted octanol–water partition coefficient (Wildman–Crippen LogP) is 0.499. The van der Waals surface area contributed by atoms with Crippen molar-refractivity contribution in [3.8, 4) is 0 Å². The molecular formula is C7H9FN2O3S. The highest BCUT2D eigenvalue weighted by atomic mass is 32.2. The Labute approximate surface area is 80.6 Å². The number of nitrogens with one attached hydrogen (secondary N) is 1. The molecular weight excluding hydrogens is 211 g/mol. The van der Waals surface area contributed by atoms with E-state index in [0.717, 1.165) is 6.07 Å². The van der Waals surface area contributed by atoms with Crippen molar-refractivity contribution in [3.05, 3.63) is 29.6 Å². The van der Waals surface area contributed by atoms with Gasteiger partial charge in [0, 0.05) is 12.1 Å². The fourth-order valence-corrected chi connectivity index (χ4v) is 1.35. The minimum absolute atomic E-state index is 0.0258. The monoisotopic (exact) mass is 220 g/mol. The summed E-state index contributed by atoms with van der Waals surface area (Å²) in [6.45, 7) is 0.0258. The van der Waals surface area contributed by atoms with E-state index in [-0.39, 0.29) is 17.8 Å². The lowest BCUT2D eigenvalue weighted by Gasteiger charge is -2.04. The number of nitrogens with two attached hydrogens (primary N) is 1. The summed E-state index contributed by atoms with van der Waals surface area (Å²) in [5.41, 5.74) is 5.42. The Kier molecular flexibility index (Phi) is 3.04. The van der Waals surface area contributed by atoms with Crippen molar-refractivity contribution in [3.63, 3.8) is 0 Å².